The van der Waals surface area contributed by atoms with E-state index in [1.807, 2.05) is 0 Å². The van der Waals surface area contributed by atoms with E-state index in [0.29, 0.717) is 35.3 Å². The first-order chi connectivity index (χ1) is 25.3. The topological polar surface area (TPSA) is 187 Å². The lowest BCUT2D eigenvalue weighted by molar-refractivity contribution is 0.0977. The van der Waals surface area contributed by atoms with E-state index in [4.69, 9.17) is 0 Å². The van der Waals surface area contributed by atoms with E-state index in [2.05, 4.69) is 10.6 Å². The molecule has 0 amide bonds. The summed E-state index contributed by atoms with van der Waals surface area (Å²) in [7, 11) is -8.87. The highest BCUT2D eigenvalue weighted by molar-refractivity contribution is 7.86. The second-order valence-corrected chi connectivity index (χ2v) is 17.2. The summed E-state index contributed by atoms with van der Waals surface area (Å²) < 4.78 is 68.5. The molecule has 0 radical (unpaired) electrons. The van der Waals surface area contributed by atoms with Crippen molar-refractivity contribution in [3.8, 4) is 5.75 Å². The average Bonchev–Trinajstić information content (AvgIpc) is 3.12. The van der Waals surface area contributed by atoms with Crippen LogP contribution in [0.15, 0.2) is 88.7 Å². The molecule has 4 unspecified atom stereocenters. The fourth-order valence-electron chi connectivity index (χ4n) is 8.64. The Balaban J connectivity index is 1.25. The SMILES string of the molecule is O=C1c2cccc(O)c2C(=O)c2c(NC3CCCCC3Cc3ccccc3S(=O)(=O)O)ccc(NC3CCCCC3Cc3ccccc3S(=O)(=O)O)c21. The van der Waals surface area contributed by atoms with E-state index in [0.717, 1.165) is 51.4 Å². The first-order valence-corrected chi connectivity index (χ1v) is 20.9. The molecule has 0 bridgehead atoms. The molecule has 13 heteroatoms. The summed E-state index contributed by atoms with van der Waals surface area (Å²) in [6.07, 6.45) is 7.44. The lowest BCUT2D eigenvalue weighted by atomic mass is 9.78. The van der Waals surface area contributed by atoms with Crippen LogP contribution in [-0.4, -0.2) is 54.7 Å². The fourth-order valence-corrected chi connectivity index (χ4v) is 10.1. The van der Waals surface area contributed by atoms with Crippen molar-refractivity contribution < 1.29 is 40.6 Å². The van der Waals surface area contributed by atoms with Crippen LogP contribution in [0.4, 0.5) is 11.4 Å². The molecule has 0 heterocycles. The van der Waals surface area contributed by atoms with Crippen LogP contribution in [0.3, 0.4) is 0 Å². The predicted molar refractivity (Wildman–Crippen MR) is 200 cm³/mol. The van der Waals surface area contributed by atoms with Gasteiger partial charge in [0, 0.05) is 29.0 Å². The Morgan fingerprint density at radius 1 is 0.547 bits per heavy atom. The molecule has 0 aromatic heterocycles. The maximum absolute atomic E-state index is 14.4. The van der Waals surface area contributed by atoms with Crippen LogP contribution >= 0.6 is 0 Å². The maximum atomic E-state index is 14.4. The van der Waals surface area contributed by atoms with Gasteiger partial charge in [-0.2, -0.15) is 16.8 Å². The molecule has 2 saturated carbocycles. The Morgan fingerprint density at radius 3 is 1.49 bits per heavy atom. The van der Waals surface area contributed by atoms with Crippen molar-refractivity contribution in [3.63, 3.8) is 0 Å². The van der Waals surface area contributed by atoms with Gasteiger partial charge < -0.3 is 15.7 Å². The summed E-state index contributed by atoms with van der Waals surface area (Å²) >= 11 is 0. The van der Waals surface area contributed by atoms with E-state index in [1.54, 1.807) is 48.5 Å². The average molecular weight is 759 g/mol. The third kappa shape index (κ3) is 7.48. The van der Waals surface area contributed by atoms with Crippen molar-refractivity contribution in [2.45, 2.75) is 86.1 Å². The summed E-state index contributed by atoms with van der Waals surface area (Å²) in [5.41, 5.74) is 2.26. The largest absolute Gasteiger partial charge is 0.507 e. The summed E-state index contributed by atoms with van der Waals surface area (Å²) in [6.45, 7) is 0. The molecule has 3 aliphatic carbocycles. The van der Waals surface area contributed by atoms with Gasteiger partial charge in [-0.1, -0.05) is 74.2 Å². The Morgan fingerprint density at radius 2 is 1.00 bits per heavy atom. The van der Waals surface area contributed by atoms with Gasteiger partial charge >= 0.3 is 0 Å². The van der Waals surface area contributed by atoms with Crippen LogP contribution in [0.2, 0.25) is 0 Å². The van der Waals surface area contributed by atoms with Gasteiger partial charge in [0.1, 0.15) is 5.75 Å². The molecule has 0 saturated heterocycles. The number of phenolic OH excluding ortho intramolecular Hbond substituents is 1. The number of fused-ring (bicyclic) bond motifs is 2. The molecule has 278 valence electrons. The zero-order chi connectivity index (χ0) is 37.5. The van der Waals surface area contributed by atoms with Gasteiger partial charge in [-0.3, -0.25) is 18.7 Å². The first-order valence-electron chi connectivity index (χ1n) is 18.0. The zero-order valence-electron chi connectivity index (χ0n) is 29.0. The van der Waals surface area contributed by atoms with E-state index < -0.39 is 31.8 Å². The highest BCUT2D eigenvalue weighted by Crippen LogP contribution is 2.42. The molecule has 3 aliphatic rings. The standard InChI is InChI=1S/C40H42N2O9S2/c43-33-17-9-14-28-36(33)40(45)38-32(42-30-16-6-2-11-25(30)23-27-13-4-8-19-35(27)53(49,50)51)21-20-31(37(38)39(28)44)41-29-15-5-1-10-24(29)22-26-12-3-7-18-34(26)52(46,47)48/h3-4,7-9,12-14,17-21,24-25,29-30,41-43H,1-2,5-6,10-11,15-16,22-23H2,(H,46,47,48)(H,49,50,51). The number of hydrogen-bond donors (Lipinski definition) is 5. The summed E-state index contributed by atoms with van der Waals surface area (Å²) in [4.78, 5) is 28.5. The number of benzene rings is 4. The number of aromatic hydroxyl groups is 1. The normalized spacial score (nSPS) is 21.8. The second-order valence-electron chi connectivity index (χ2n) is 14.4. The van der Waals surface area contributed by atoms with Gasteiger partial charge in [-0.15, -0.1) is 0 Å². The molecular formula is C40H42N2O9S2. The molecule has 0 spiro atoms. The Labute approximate surface area is 309 Å². The van der Waals surface area contributed by atoms with Gasteiger partial charge in [-0.25, -0.2) is 0 Å². The molecule has 5 N–H and O–H groups in total. The molecule has 7 rings (SSSR count). The highest BCUT2D eigenvalue weighted by atomic mass is 32.2. The molecule has 4 aromatic carbocycles. The van der Waals surface area contributed by atoms with E-state index in [9.17, 15) is 40.6 Å². The number of carbonyl (C=O) groups is 2. The van der Waals surface area contributed by atoms with Crippen molar-refractivity contribution in [1.29, 1.82) is 0 Å². The van der Waals surface area contributed by atoms with Gasteiger partial charge in [0.25, 0.3) is 20.2 Å². The van der Waals surface area contributed by atoms with Crippen LogP contribution in [0, 0.1) is 11.8 Å². The van der Waals surface area contributed by atoms with Crippen molar-refractivity contribution in [2.24, 2.45) is 11.8 Å². The zero-order valence-corrected chi connectivity index (χ0v) is 30.6. The number of phenols is 1. The molecule has 4 aromatic rings. The molecule has 53 heavy (non-hydrogen) atoms. The Kier molecular flexibility index (Phi) is 10.2. The summed E-state index contributed by atoms with van der Waals surface area (Å²) in [6, 6.07) is 20.4. The quantitative estimate of drug-likeness (QED) is 0.0916. The Hall–Kier alpha value is -4.56. The minimum absolute atomic E-state index is 0.0422. The minimum Gasteiger partial charge on any atom is -0.507 e. The van der Waals surface area contributed by atoms with E-state index in [1.165, 1.54) is 30.3 Å². The smallest absolute Gasteiger partial charge is 0.294 e. The van der Waals surface area contributed by atoms with Crippen LogP contribution in [-0.2, 0) is 33.1 Å². The third-order valence-electron chi connectivity index (χ3n) is 11.1. The third-order valence-corrected chi connectivity index (χ3v) is 13.0. The van der Waals surface area contributed by atoms with E-state index in [-0.39, 0.29) is 61.7 Å². The van der Waals surface area contributed by atoms with Gasteiger partial charge in [0.15, 0.2) is 11.6 Å². The second kappa shape index (κ2) is 14.7. The number of rotatable bonds is 10. The van der Waals surface area contributed by atoms with Crippen molar-refractivity contribution in [2.75, 3.05) is 10.6 Å². The number of ketones is 2. The van der Waals surface area contributed by atoms with Gasteiger partial charge in [-0.05, 0) is 91.8 Å². The van der Waals surface area contributed by atoms with Gasteiger partial charge in [0.05, 0.1) is 26.5 Å². The predicted octanol–water partition coefficient (Wildman–Crippen LogP) is 7.09. The molecular weight excluding hydrogens is 717 g/mol. The molecule has 0 aliphatic heterocycles. The van der Waals surface area contributed by atoms with Crippen LogP contribution < -0.4 is 10.6 Å². The summed E-state index contributed by atoms with van der Waals surface area (Å²) in [5.74, 6) is -1.30. The van der Waals surface area contributed by atoms with Crippen molar-refractivity contribution >= 4 is 43.2 Å². The van der Waals surface area contributed by atoms with Crippen molar-refractivity contribution in [3.05, 3.63) is 112 Å². The van der Waals surface area contributed by atoms with E-state index >= 15 is 0 Å². The lowest BCUT2D eigenvalue weighted by Gasteiger charge is -2.36. The lowest BCUT2D eigenvalue weighted by Crippen LogP contribution is -2.36. The minimum atomic E-state index is -4.44. The van der Waals surface area contributed by atoms with Crippen LogP contribution in [0.5, 0.6) is 5.75 Å². The van der Waals surface area contributed by atoms with Crippen LogP contribution in [0.1, 0.15) is 94.3 Å². The number of carbonyl (C=O) groups excluding carboxylic acids is 2. The number of hydrogen-bond acceptors (Lipinski definition) is 9. The molecule has 4 atom stereocenters. The number of anilines is 2. The molecule has 2 fully saturated rings. The number of nitrogens with one attached hydrogen (secondary N) is 2. The monoisotopic (exact) mass is 758 g/mol. The fraction of sp³-hybridized carbons (Fsp3) is 0.350. The van der Waals surface area contributed by atoms with Gasteiger partial charge in [0.2, 0.25) is 0 Å². The summed E-state index contributed by atoms with van der Waals surface area (Å²) in [5, 5.41) is 18.0. The highest BCUT2D eigenvalue weighted by Gasteiger charge is 2.38. The maximum Gasteiger partial charge on any atom is 0.294 e. The Bertz CT molecular complexity index is 2310. The van der Waals surface area contributed by atoms with Crippen LogP contribution in [0.25, 0.3) is 0 Å². The molecule has 11 nitrogen and oxygen atoms in total. The first kappa shape index (κ1) is 36.8. The van der Waals surface area contributed by atoms with Crippen molar-refractivity contribution in [1.82, 2.24) is 0 Å².